The second-order valence-corrected chi connectivity index (χ2v) is 5.30. The number of hydrogen-bond acceptors (Lipinski definition) is 3. The number of rotatable bonds is 3. The summed E-state index contributed by atoms with van der Waals surface area (Å²) in [6.07, 6.45) is 0. The number of Topliss-reactive ketones (excluding diaryl/α,β-unsaturated/α-hetero) is 1. The summed E-state index contributed by atoms with van der Waals surface area (Å²) in [7, 11) is 0. The van der Waals surface area contributed by atoms with Gasteiger partial charge in [-0.1, -0.05) is 22.0 Å². The van der Waals surface area contributed by atoms with Gasteiger partial charge in [0.1, 0.15) is 16.4 Å². The quantitative estimate of drug-likeness (QED) is 0.672. The number of halogens is 4. The van der Waals surface area contributed by atoms with Crippen LogP contribution in [0.5, 0.6) is 5.75 Å². The number of hydrogen-bond donors (Lipinski definition) is 1. The van der Waals surface area contributed by atoms with Gasteiger partial charge < -0.3 is 5.11 Å². The Bertz CT molecular complexity index is 434. The fraction of sp³-hybridized carbons (Fsp3) is 0.300. The number of benzene rings is 1. The molecule has 1 aromatic carbocycles. The maximum atomic E-state index is 12.1. The number of carbonyl (C=O) groups excluding carboxylic acids is 1. The van der Waals surface area contributed by atoms with E-state index in [1.54, 1.807) is 0 Å². The fourth-order valence-corrected chi connectivity index (χ4v) is 2.11. The minimum absolute atomic E-state index is 0.123. The second kappa shape index (κ2) is 5.30. The van der Waals surface area contributed by atoms with Crippen molar-refractivity contribution in [3.05, 3.63) is 23.8 Å². The van der Waals surface area contributed by atoms with Crippen molar-refractivity contribution in [2.24, 2.45) is 0 Å². The van der Waals surface area contributed by atoms with Crippen molar-refractivity contribution < 1.29 is 23.1 Å². The number of ketones is 1. The molecule has 1 rings (SSSR count). The number of phenols is 1. The number of thioether (sulfide) groups is 1. The van der Waals surface area contributed by atoms with Crippen molar-refractivity contribution in [2.45, 2.75) is 22.2 Å². The highest BCUT2D eigenvalue weighted by molar-refractivity contribution is 9.09. The first-order valence-corrected chi connectivity index (χ1v) is 6.17. The first-order chi connectivity index (χ1) is 7.70. The lowest BCUT2D eigenvalue weighted by atomic mass is 10.1. The molecule has 1 atom stereocenters. The first-order valence-electron chi connectivity index (χ1n) is 4.44. The second-order valence-electron chi connectivity index (χ2n) is 3.24. The number of alkyl halides is 4. The third-order valence-corrected chi connectivity index (χ3v) is 3.72. The highest BCUT2D eigenvalue weighted by Gasteiger charge is 2.29. The molecule has 0 aliphatic heterocycles. The molecule has 94 valence electrons. The largest absolute Gasteiger partial charge is 0.508 e. The molecule has 1 aromatic rings. The summed E-state index contributed by atoms with van der Waals surface area (Å²) >= 11 is 2.73. The van der Waals surface area contributed by atoms with E-state index in [4.69, 9.17) is 0 Å². The van der Waals surface area contributed by atoms with Crippen LogP contribution in [0.25, 0.3) is 0 Å². The van der Waals surface area contributed by atoms with Gasteiger partial charge in [-0.25, -0.2) is 0 Å². The summed E-state index contributed by atoms with van der Waals surface area (Å²) in [5.41, 5.74) is -4.15. The molecule has 0 bridgehead atoms. The normalized spacial score (nSPS) is 13.5. The summed E-state index contributed by atoms with van der Waals surface area (Å²) in [4.78, 5) is 10.2. The van der Waals surface area contributed by atoms with E-state index in [0.717, 1.165) is 6.07 Å². The molecular formula is C10H8BrF3O2S. The van der Waals surface area contributed by atoms with Crippen LogP contribution in [0.4, 0.5) is 13.2 Å². The molecule has 0 radical (unpaired) electrons. The molecule has 0 heterocycles. The molecule has 0 aromatic heterocycles. The van der Waals surface area contributed by atoms with Gasteiger partial charge in [0.15, 0.2) is 0 Å². The zero-order chi connectivity index (χ0) is 13.2. The first kappa shape index (κ1) is 14.4. The van der Waals surface area contributed by atoms with Crippen molar-refractivity contribution in [2.75, 3.05) is 0 Å². The Kier molecular flexibility index (Phi) is 4.48. The van der Waals surface area contributed by atoms with Gasteiger partial charge in [-0.3, -0.25) is 4.79 Å². The predicted molar refractivity (Wildman–Crippen MR) is 62.4 cm³/mol. The van der Waals surface area contributed by atoms with Gasteiger partial charge >= 0.3 is 5.51 Å². The van der Waals surface area contributed by atoms with Crippen molar-refractivity contribution >= 4 is 33.5 Å². The van der Waals surface area contributed by atoms with Crippen molar-refractivity contribution in [3.63, 3.8) is 0 Å². The average molecular weight is 329 g/mol. The van der Waals surface area contributed by atoms with Crippen molar-refractivity contribution in [1.82, 2.24) is 0 Å². The highest BCUT2D eigenvalue weighted by Crippen LogP contribution is 2.40. The van der Waals surface area contributed by atoms with E-state index >= 15 is 0 Å². The predicted octanol–water partition coefficient (Wildman–Crippen LogP) is 4.03. The number of aromatic hydroxyl groups is 1. The molecular weight excluding hydrogens is 321 g/mol. The minimum Gasteiger partial charge on any atom is -0.508 e. The van der Waals surface area contributed by atoms with Crippen LogP contribution in [0.3, 0.4) is 0 Å². The number of phenolic OH excluding ortho intramolecular Hbond substituents is 1. The number of carbonyl (C=O) groups is 1. The van der Waals surface area contributed by atoms with Crippen molar-refractivity contribution in [3.8, 4) is 5.75 Å². The molecule has 0 spiro atoms. The van der Waals surface area contributed by atoms with Gasteiger partial charge in [0.05, 0.1) is 0 Å². The summed E-state index contributed by atoms with van der Waals surface area (Å²) in [5, 5.41) is 9.54. The lowest BCUT2D eigenvalue weighted by Crippen LogP contribution is -2.02. The topological polar surface area (TPSA) is 37.3 Å². The zero-order valence-electron chi connectivity index (χ0n) is 8.58. The van der Waals surface area contributed by atoms with Crippen LogP contribution in [0.1, 0.15) is 17.3 Å². The van der Waals surface area contributed by atoms with Crippen LogP contribution in [-0.4, -0.2) is 16.4 Å². The maximum Gasteiger partial charge on any atom is 0.446 e. The van der Waals surface area contributed by atoms with E-state index < -0.39 is 10.3 Å². The fourth-order valence-electron chi connectivity index (χ4n) is 1.15. The lowest BCUT2D eigenvalue weighted by Gasteiger charge is -2.11. The van der Waals surface area contributed by atoms with E-state index in [1.165, 1.54) is 19.1 Å². The maximum absolute atomic E-state index is 12.1. The molecule has 0 aliphatic rings. The van der Waals surface area contributed by atoms with Crippen LogP contribution in [0, 0.1) is 0 Å². The Balaban J connectivity index is 2.98. The van der Waals surface area contributed by atoms with Gasteiger partial charge in [0, 0.05) is 10.5 Å². The molecule has 1 unspecified atom stereocenters. The van der Waals surface area contributed by atoms with E-state index in [0.29, 0.717) is 0 Å². The van der Waals surface area contributed by atoms with Crippen LogP contribution in [-0.2, 0) is 4.79 Å². The molecule has 0 saturated heterocycles. The van der Waals surface area contributed by atoms with Crippen LogP contribution < -0.4 is 0 Å². The Labute approximate surface area is 108 Å². The highest BCUT2D eigenvalue weighted by atomic mass is 79.9. The summed E-state index contributed by atoms with van der Waals surface area (Å²) in [6, 6.07) is 3.50. The molecule has 2 nitrogen and oxygen atoms in total. The summed E-state index contributed by atoms with van der Waals surface area (Å²) in [6.45, 7) is 1.32. The van der Waals surface area contributed by atoms with Crippen LogP contribution >= 0.6 is 27.7 Å². The van der Waals surface area contributed by atoms with E-state index in [9.17, 15) is 23.1 Å². The zero-order valence-corrected chi connectivity index (χ0v) is 11.0. The monoisotopic (exact) mass is 328 g/mol. The van der Waals surface area contributed by atoms with Gasteiger partial charge in [-0.15, -0.1) is 0 Å². The van der Waals surface area contributed by atoms with Crippen LogP contribution in [0.2, 0.25) is 0 Å². The Morgan fingerprint density at radius 1 is 1.47 bits per heavy atom. The summed E-state index contributed by atoms with van der Waals surface area (Å²) < 4.78 is 36.2. The smallest absolute Gasteiger partial charge is 0.446 e. The molecule has 0 amide bonds. The van der Waals surface area contributed by atoms with Gasteiger partial charge in [-0.05, 0) is 30.8 Å². The Morgan fingerprint density at radius 3 is 2.47 bits per heavy atom. The summed E-state index contributed by atoms with van der Waals surface area (Å²) in [5.74, 6) is -0.576. The molecule has 0 saturated carbocycles. The van der Waals surface area contributed by atoms with Gasteiger partial charge in [0.2, 0.25) is 0 Å². The van der Waals surface area contributed by atoms with Crippen molar-refractivity contribution in [1.29, 1.82) is 0 Å². The van der Waals surface area contributed by atoms with Gasteiger partial charge in [-0.2, -0.15) is 13.2 Å². The molecule has 1 N–H and O–H groups in total. The third-order valence-electron chi connectivity index (χ3n) is 1.87. The Morgan fingerprint density at radius 2 is 2.06 bits per heavy atom. The molecule has 0 aliphatic carbocycles. The average Bonchev–Trinajstić information content (AvgIpc) is 2.14. The lowest BCUT2D eigenvalue weighted by molar-refractivity contribution is -0.116. The van der Waals surface area contributed by atoms with E-state index in [-0.39, 0.29) is 33.8 Å². The van der Waals surface area contributed by atoms with Crippen LogP contribution in [0.15, 0.2) is 23.1 Å². The molecule has 7 heteroatoms. The third kappa shape index (κ3) is 4.23. The van der Waals surface area contributed by atoms with E-state index in [1.807, 2.05) is 0 Å². The molecule has 17 heavy (non-hydrogen) atoms. The standard InChI is InChI=1S/C10H8BrF3O2S/c1-5(15)9(11)7-3-2-6(4-8(7)16)17-10(12,13)14/h2-4,9,16H,1H3. The Hall–Kier alpha value is -0.690. The SMILES string of the molecule is CC(=O)C(Br)c1ccc(SC(F)(F)F)cc1O. The van der Waals surface area contributed by atoms with Gasteiger partial charge in [0.25, 0.3) is 0 Å². The minimum atomic E-state index is -4.40. The van der Waals surface area contributed by atoms with E-state index in [2.05, 4.69) is 15.9 Å². The molecule has 0 fully saturated rings.